The van der Waals surface area contributed by atoms with Gasteiger partial charge in [0.25, 0.3) is 0 Å². The van der Waals surface area contributed by atoms with Crippen molar-refractivity contribution in [3.8, 4) is 0 Å². The Morgan fingerprint density at radius 3 is 3.00 bits per heavy atom. The second-order valence-corrected chi connectivity index (χ2v) is 4.41. The van der Waals surface area contributed by atoms with Crippen LogP contribution in [0.1, 0.15) is 32.1 Å². The molecule has 0 saturated carbocycles. The van der Waals surface area contributed by atoms with E-state index < -0.39 is 0 Å². The molecular weight excluding hydrogens is 186 g/mol. The molecule has 13 heavy (non-hydrogen) atoms. The molecule has 0 aromatic carbocycles. The highest BCUT2D eigenvalue weighted by atomic mass is 35.5. The fourth-order valence-corrected chi connectivity index (χ4v) is 2.94. The van der Waals surface area contributed by atoms with Crippen molar-refractivity contribution in [2.45, 2.75) is 38.1 Å². The quantitative estimate of drug-likeness (QED) is 0.595. The van der Waals surface area contributed by atoms with Crippen LogP contribution in [0.25, 0.3) is 0 Å². The smallest absolute Gasteiger partial charge is 0.222 e. The van der Waals surface area contributed by atoms with Crippen molar-refractivity contribution in [1.82, 2.24) is 4.90 Å². The zero-order valence-electron chi connectivity index (χ0n) is 7.84. The maximum Gasteiger partial charge on any atom is 0.222 e. The Balaban J connectivity index is 2.09. The Kier molecular flexibility index (Phi) is 2.77. The molecule has 2 unspecified atom stereocenters. The number of carbonyl (C=O) groups excluding carboxylic acids is 1. The van der Waals surface area contributed by atoms with E-state index in [1.165, 1.54) is 19.3 Å². The lowest BCUT2D eigenvalue weighted by Crippen LogP contribution is -2.51. The lowest BCUT2D eigenvalue weighted by molar-refractivity contribution is -0.140. The van der Waals surface area contributed by atoms with Crippen molar-refractivity contribution in [3.05, 3.63) is 0 Å². The summed E-state index contributed by atoms with van der Waals surface area (Å²) in [6.45, 7) is 0.969. The van der Waals surface area contributed by atoms with Gasteiger partial charge in [-0.2, -0.15) is 0 Å². The highest BCUT2D eigenvalue weighted by Crippen LogP contribution is 2.31. The summed E-state index contributed by atoms with van der Waals surface area (Å²) in [7, 11) is 0. The van der Waals surface area contributed by atoms with Crippen molar-refractivity contribution in [2.24, 2.45) is 5.92 Å². The molecule has 2 fully saturated rings. The number of alkyl halides is 1. The molecular formula is C10H16ClNO. The van der Waals surface area contributed by atoms with Crippen LogP contribution in [0, 0.1) is 5.92 Å². The number of piperidine rings is 2. The predicted octanol–water partition coefficient (Wildman–Crippen LogP) is 2.02. The molecule has 2 rings (SSSR count). The van der Waals surface area contributed by atoms with Gasteiger partial charge in [0, 0.05) is 24.9 Å². The number of halogens is 1. The van der Waals surface area contributed by atoms with Crippen LogP contribution in [0.3, 0.4) is 0 Å². The van der Waals surface area contributed by atoms with E-state index in [1.54, 1.807) is 0 Å². The van der Waals surface area contributed by atoms with Crippen LogP contribution in [0.2, 0.25) is 0 Å². The molecule has 2 heterocycles. The van der Waals surface area contributed by atoms with E-state index in [4.69, 9.17) is 11.6 Å². The van der Waals surface area contributed by atoms with Gasteiger partial charge in [0.1, 0.15) is 0 Å². The zero-order valence-corrected chi connectivity index (χ0v) is 8.59. The minimum atomic E-state index is 0.353. The van der Waals surface area contributed by atoms with Gasteiger partial charge in [-0.1, -0.05) is 0 Å². The molecule has 0 aromatic heterocycles. The lowest BCUT2D eigenvalue weighted by atomic mass is 9.84. The average molecular weight is 202 g/mol. The largest absolute Gasteiger partial charge is 0.339 e. The molecule has 0 aromatic rings. The molecule has 1 amide bonds. The minimum absolute atomic E-state index is 0.353. The molecule has 2 aliphatic heterocycles. The molecule has 74 valence electrons. The SMILES string of the molecule is O=C1CCC(CCl)C2CCCCN12. The molecule has 2 aliphatic rings. The van der Waals surface area contributed by atoms with Crippen LogP contribution >= 0.6 is 11.6 Å². The van der Waals surface area contributed by atoms with Gasteiger partial charge in [-0.25, -0.2) is 0 Å². The highest BCUT2D eigenvalue weighted by Gasteiger charge is 2.36. The second kappa shape index (κ2) is 3.87. The second-order valence-electron chi connectivity index (χ2n) is 4.10. The third kappa shape index (κ3) is 1.69. The Hall–Kier alpha value is -0.240. The van der Waals surface area contributed by atoms with E-state index in [0.29, 0.717) is 30.2 Å². The number of hydrogen-bond donors (Lipinski definition) is 0. The van der Waals surface area contributed by atoms with Crippen LogP contribution in [-0.2, 0) is 4.79 Å². The third-order valence-electron chi connectivity index (χ3n) is 3.34. The summed E-state index contributed by atoms with van der Waals surface area (Å²) < 4.78 is 0. The topological polar surface area (TPSA) is 20.3 Å². The first kappa shape index (κ1) is 9.32. The van der Waals surface area contributed by atoms with Gasteiger partial charge in [-0.05, 0) is 31.6 Å². The number of carbonyl (C=O) groups is 1. The lowest BCUT2D eigenvalue weighted by Gasteiger charge is -2.43. The molecule has 0 spiro atoms. The summed E-state index contributed by atoms with van der Waals surface area (Å²) in [5, 5.41) is 0. The van der Waals surface area contributed by atoms with Gasteiger partial charge in [-0.3, -0.25) is 4.79 Å². The van der Waals surface area contributed by atoms with Crippen LogP contribution in [0.4, 0.5) is 0 Å². The van der Waals surface area contributed by atoms with Gasteiger partial charge < -0.3 is 4.90 Å². The standard InChI is InChI=1S/C10H16ClNO/c11-7-8-4-5-10(13)12-6-2-1-3-9(8)12/h8-9H,1-7H2. The van der Waals surface area contributed by atoms with Crippen molar-refractivity contribution in [2.75, 3.05) is 12.4 Å². The fraction of sp³-hybridized carbons (Fsp3) is 0.900. The Morgan fingerprint density at radius 1 is 1.38 bits per heavy atom. The number of fused-ring (bicyclic) bond motifs is 1. The fourth-order valence-electron chi connectivity index (χ4n) is 2.58. The molecule has 2 saturated heterocycles. The summed E-state index contributed by atoms with van der Waals surface area (Å²) >= 11 is 5.91. The molecule has 2 nitrogen and oxygen atoms in total. The Labute approximate surface area is 84.2 Å². The van der Waals surface area contributed by atoms with Gasteiger partial charge in [0.2, 0.25) is 5.91 Å². The van der Waals surface area contributed by atoms with E-state index in [-0.39, 0.29) is 0 Å². The van der Waals surface area contributed by atoms with E-state index in [9.17, 15) is 4.79 Å². The molecule has 3 heteroatoms. The van der Waals surface area contributed by atoms with Crippen molar-refractivity contribution < 1.29 is 4.79 Å². The first-order chi connectivity index (χ1) is 6.33. The number of amides is 1. The average Bonchev–Trinajstić information content (AvgIpc) is 2.19. The van der Waals surface area contributed by atoms with Crippen molar-refractivity contribution in [3.63, 3.8) is 0 Å². The summed E-state index contributed by atoms with van der Waals surface area (Å²) in [6, 6.07) is 0.465. The van der Waals surface area contributed by atoms with Crippen molar-refractivity contribution in [1.29, 1.82) is 0 Å². The number of hydrogen-bond acceptors (Lipinski definition) is 1. The van der Waals surface area contributed by atoms with Crippen LogP contribution in [0.15, 0.2) is 0 Å². The first-order valence-electron chi connectivity index (χ1n) is 5.18. The van der Waals surface area contributed by atoms with E-state index in [1.807, 2.05) is 0 Å². The molecule has 0 N–H and O–H groups in total. The monoisotopic (exact) mass is 201 g/mol. The summed E-state index contributed by atoms with van der Waals surface area (Å²) in [4.78, 5) is 13.6. The van der Waals surface area contributed by atoms with Gasteiger partial charge >= 0.3 is 0 Å². The number of rotatable bonds is 1. The van der Waals surface area contributed by atoms with Crippen LogP contribution in [0.5, 0.6) is 0 Å². The number of nitrogens with zero attached hydrogens (tertiary/aromatic N) is 1. The minimum Gasteiger partial charge on any atom is -0.339 e. The van der Waals surface area contributed by atoms with Crippen molar-refractivity contribution >= 4 is 17.5 Å². The Bertz CT molecular complexity index is 207. The molecule has 2 atom stereocenters. The van der Waals surface area contributed by atoms with Gasteiger partial charge in [0.15, 0.2) is 0 Å². The normalized spacial score (nSPS) is 34.5. The highest BCUT2D eigenvalue weighted by molar-refractivity contribution is 6.18. The van der Waals surface area contributed by atoms with Gasteiger partial charge in [0.05, 0.1) is 0 Å². The predicted molar refractivity (Wildman–Crippen MR) is 52.8 cm³/mol. The van der Waals surface area contributed by atoms with Gasteiger partial charge in [-0.15, -0.1) is 11.6 Å². The summed E-state index contributed by atoms with van der Waals surface area (Å²) in [5.41, 5.74) is 0. The summed E-state index contributed by atoms with van der Waals surface area (Å²) in [6.07, 6.45) is 5.33. The maximum absolute atomic E-state index is 11.6. The first-order valence-corrected chi connectivity index (χ1v) is 5.72. The molecule has 0 aliphatic carbocycles. The molecule has 0 radical (unpaired) electrons. The molecule has 0 bridgehead atoms. The maximum atomic E-state index is 11.6. The zero-order chi connectivity index (χ0) is 9.26. The third-order valence-corrected chi connectivity index (χ3v) is 3.74. The van der Waals surface area contributed by atoms with E-state index in [0.717, 1.165) is 13.0 Å². The van der Waals surface area contributed by atoms with E-state index >= 15 is 0 Å². The van der Waals surface area contributed by atoms with E-state index in [2.05, 4.69) is 4.90 Å². The summed E-state index contributed by atoms with van der Waals surface area (Å²) in [5.74, 6) is 1.62. The van der Waals surface area contributed by atoms with Crippen LogP contribution in [-0.4, -0.2) is 29.3 Å². The van der Waals surface area contributed by atoms with Crippen LogP contribution < -0.4 is 0 Å². The Morgan fingerprint density at radius 2 is 2.23 bits per heavy atom.